The normalized spacial score (nSPS) is 25.8. The summed E-state index contributed by atoms with van der Waals surface area (Å²) >= 11 is 0. The quantitative estimate of drug-likeness (QED) is 0.397. The number of aliphatic hydroxyl groups is 3. The van der Waals surface area contributed by atoms with E-state index in [9.17, 15) is 9.90 Å². The number of ether oxygens (including phenoxy) is 1. The standard InChI is InChI=1S/C6H8O6/c7-1-2(8)5-3(9)4(10)6(11)12-5/h2,5,7-10H,1H2/p-1/t2?,5-/m1/s1. The zero-order valence-corrected chi connectivity index (χ0v) is 5.93. The summed E-state index contributed by atoms with van der Waals surface area (Å²) in [5.41, 5.74) is 0. The van der Waals surface area contributed by atoms with Crippen molar-refractivity contribution in [2.24, 2.45) is 0 Å². The minimum Gasteiger partial charge on any atom is -0.865 e. The molecule has 0 saturated carbocycles. The fraction of sp³-hybridized carbons (Fsp3) is 0.500. The van der Waals surface area contributed by atoms with Gasteiger partial charge in [-0.05, 0) is 0 Å². The summed E-state index contributed by atoms with van der Waals surface area (Å²) in [6, 6.07) is 0. The third kappa shape index (κ3) is 1.21. The van der Waals surface area contributed by atoms with Gasteiger partial charge in [0, 0.05) is 5.76 Å². The Morgan fingerprint density at radius 1 is 1.67 bits per heavy atom. The van der Waals surface area contributed by atoms with Crippen molar-refractivity contribution in [2.45, 2.75) is 12.2 Å². The molecule has 0 aliphatic carbocycles. The highest BCUT2D eigenvalue weighted by Gasteiger charge is 2.34. The fourth-order valence-electron chi connectivity index (χ4n) is 0.815. The lowest BCUT2D eigenvalue weighted by molar-refractivity contribution is -0.303. The summed E-state index contributed by atoms with van der Waals surface area (Å²) in [7, 11) is 0. The highest BCUT2D eigenvalue weighted by atomic mass is 16.6. The Morgan fingerprint density at radius 2 is 2.25 bits per heavy atom. The van der Waals surface area contributed by atoms with E-state index in [2.05, 4.69) is 4.74 Å². The van der Waals surface area contributed by atoms with E-state index in [1.165, 1.54) is 0 Å². The monoisotopic (exact) mass is 175 g/mol. The second-order valence-electron chi connectivity index (χ2n) is 2.29. The Kier molecular flexibility index (Phi) is 2.20. The molecule has 0 bridgehead atoms. The summed E-state index contributed by atoms with van der Waals surface area (Å²) in [6.45, 7) is -0.699. The second kappa shape index (κ2) is 3.00. The molecule has 12 heavy (non-hydrogen) atoms. The van der Waals surface area contributed by atoms with Crippen molar-refractivity contribution in [2.75, 3.05) is 6.61 Å². The van der Waals surface area contributed by atoms with Crippen molar-refractivity contribution in [3.63, 3.8) is 0 Å². The number of hydrogen-bond donors (Lipinski definition) is 3. The molecule has 1 unspecified atom stereocenters. The SMILES string of the molecule is O=C1O[C@H](C(O)CO)C(O)=C1[O-]. The van der Waals surface area contributed by atoms with E-state index in [0.29, 0.717) is 0 Å². The van der Waals surface area contributed by atoms with Crippen LogP contribution in [0.2, 0.25) is 0 Å². The summed E-state index contributed by atoms with van der Waals surface area (Å²) < 4.78 is 4.25. The minimum atomic E-state index is -1.46. The maximum Gasteiger partial charge on any atom is 0.327 e. The summed E-state index contributed by atoms with van der Waals surface area (Å²) in [4.78, 5) is 10.5. The molecule has 3 N–H and O–H groups in total. The Balaban J connectivity index is 2.80. The van der Waals surface area contributed by atoms with Crippen LogP contribution in [-0.2, 0) is 9.53 Å². The van der Waals surface area contributed by atoms with Crippen molar-refractivity contribution >= 4 is 5.97 Å². The first-order valence-corrected chi connectivity index (χ1v) is 3.18. The van der Waals surface area contributed by atoms with E-state index < -0.39 is 36.3 Å². The van der Waals surface area contributed by atoms with E-state index in [4.69, 9.17) is 15.3 Å². The average molecular weight is 175 g/mol. The number of aliphatic hydroxyl groups excluding tert-OH is 3. The molecule has 68 valence electrons. The minimum absolute atomic E-state index is 0.699. The molecule has 0 aromatic carbocycles. The van der Waals surface area contributed by atoms with Crippen LogP contribution >= 0.6 is 0 Å². The topological polar surface area (TPSA) is 110 Å². The molecule has 0 amide bonds. The first-order valence-electron chi connectivity index (χ1n) is 3.18. The van der Waals surface area contributed by atoms with Gasteiger partial charge in [0.25, 0.3) is 0 Å². The molecular formula is C6H7O6-. The number of carbonyl (C=O) groups is 1. The molecule has 1 aliphatic heterocycles. The first kappa shape index (κ1) is 8.82. The van der Waals surface area contributed by atoms with Gasteiger partial charge in [-0.1, -0.05) is 0 Å². The molecule has 0 spiro atoms. The zero-order chi connectivity index (χ0) is 9.30. The lowest BCUT2D eigenvalue weighted by Crippen LogP contribution is -2.31. The molecule has 0 fully saturated rings. The van der Waals surface area contributed by atoms with Gasteiger partial charge in [0.2, 0.25) is 0 Å². The predicted octanol–water partition coefficient (Wildman–Crippen LogP) is -2.61. The summed E-state index contributed by atoms with van der Waals surface area (Å²) in [5, 5.41) is 36.8. The van der Waals surface area contributed by atoms with Crippen LogP contribution in [0.1, 0.15) is 0 Å². The van der Waals surface area contributed by atoms with E-state index in [-0.39, 0.29) is 0 Å². The molecule has 6 nitrogen and oxygen atoms in total. The third-order valence-corrected chi connectivity index (χ3v) is 1.46. The van der Waals surface area contributed by atoms with Gasteiger partial charge in [-0.3, -0.25) is 0 Å². The second-order valence-corrected chi connectivity index (χ2v) is 2.29. The van der Waals surface area contributed by atoms with Crippen LogP contribution < -0.4 is 5.11 Å². The Bertz CT molecular complexity index is 232. The number of carbonyl (C=O) groups excluding carboxylic acids is 1. The third-order valence-electron chi connectivity index (χ3n) is 1.46. The molecule has 2 atom stereocenters. The molecule has 0 radical (unpaired) electrons. The largest absolute Gasteiger partial charge is 0.865 e. The number of esters is 1. The van der Waals surface area contributed by atoms with Crippen LogP contribution in [0, 0.1) is 0 Å². The van der Waals surface area contributed by atoms with Crippen LogP contribution in [0.5, 0.6) is 0 Å². The fourth-order valence-corrected chi connectivity index (χ4v) is 0.815. The van der Waals surface area contributed by atoms with Gasteiger partial charge in [0.1, 0.15) is 11.9 Å². The van der Waals surface area contributed by atoms with Crippen molar-refractivity contribution in [1.82, 2.24) is 0 Å². The Morgan fingerprint density at radius 3 is 2.58 bits per heavy atom. The van der Waals surface area contributed by atoms with Gasteiger partial charge < -0.3 is 25.2 Å². The van der Waals surface area contributed by atoms with Gasteiger partial charge in [-0.2, -0.15) is 0 Å². The number of rotatable bonds is 2. The molecule has 1 aliphatic rings. The van der Waals surface area contributed by atoms with Gasteiger partial charge in [0.15, 0.2) is 6.10 Å². The van der Waals surface area contributed by atoms with Crippen molar-refractivity contribution in [3.05, 3.63) is 11.5 Å². The molecular weight excluding hydrogens is 168 g/mol. The van der Waals surface area contributed by atoms with Crippen LogP contribution in [0.3, 0.4) is 0 Å². The highest BCUT2D eigenvalue weighted by Crippen LogP contribution is 2.19. The van der Waals surface area contributed by atoms with Crippen LogP contribution in [-0.4, -0.2) is 40.1 Å². The van der Waals surface area contributed by atoms with Crippen molar-refractivity contribution in [3.8, 4) is 0 Å². The van der Waals surface area contributed by atoms with Crippen LogP contribution in [0.15, 0.2) is 11.5 Å². The molecule has 0 saturated heterocycles. The average Bonchev–Trinajstić information content (AvgIpc) is 2.32. The Labute approximate surface area is 67.3 Å². The Hall–Kier alpha value is -1.27. The van der Waals surface area contributed by atoms with Crippen molar-refractivity contribution in [1.29, 1.82) is 0 Å². The van der Waals surface area contributed by atoms with E-state index in [0.717, 1.165) is 0 Å². The zero-order valence-electron chi connectivity index (χ0n) is 5.93. The number of cyclic esters (lactones) is 1. The van der Waals surface area contributed by atoms with Gasteiger partial charge in [-0.25, -0.2) is 4.79 Å². The maximum absolute atomic E-state index is 10.6. The highest BCUT2D eigenvalue weighted by molar-refractivity contribution is 5.88. The first-order chi connectivity index (χ1) is 5.57. The van der Waals surface area contributed by atoms with Crippen molar-refractivity contribution < 1.29 is 30.0 Å². The molecule has 0 aromatic rings. The predicted molar refractivity (Wildman–Crippen MR) is 32.6 cm³/mol. The molecule has 1 rings (SSSR count). The van der Waals surface area contributed by atoms with Crippen LogP contribution in [0.4, 0.5) is 0 Å². The maximum atomic E-state index is 10.6. The van der Waals surface area contributed by atoms with E-state index in [1.807, 2.05) is 0 Å². The van der Waals surface area contributed by atoms with E-state index >= 15 is 0 Å². The summed E-state index contributed by atoms with van der Waals surface area (Å²) in [6.07, 6.45) is -2.88. The molecule has 0 aromatic heterocycles. The molecule has 1 heterocycles. The van der Waals surface area contributed by atoms with Crippen LogP contribution in [0.25, 0.3) is 0 Å². The molecule has 6 heteroatoms. The van der Waals surface area contributed by atoms with Gasteiger partial charge >= 0.3 is 5.97 Å². The lowest BCUT2D eigenvalue weighted by atomic mass is 10.2. The smallest absolute Gasteiger partial charge is 0.327 e. The van der Waals surface area contributed by atoms with E-state index in [1.54, 1.807) is 0 Å². The van der Waals surface area contributed by atoms with Gasteiger partial charge in [-0.15, -0.1) is 0 Å². The van der Waals surface area contributed by atoms with Gasteiger partial charge in [0.05, 0.1) is 6.61 Å². The summed E-state index contributed by atoms with van der Waals surface area (Å²) in [5.74, 6) is -3.25. The number of hydrogen-bond acceptors (Lipinski definition) is 6. The lowest BCUT2D eigenvalue weighted by Gasteiger charge is -2.14.